The van der Waals surface area contributed by atoms with Crippen LogP contribution < -0.4 is 0 Å². The second-order valence-corrected chi connectivity index (χ2v) is 8.20. The topological polar surface area (TPSA) is 46.0 Å². The first-order valence-electron chi connectivity index (χ1n) is 3.99. The Hall–Kier alpha value is 1.03. The van der Waals surface area contributed by atoms with Gasteiger partial charge >= 0.3 is 0 Å². The highest BCUT2D eigenvalue weighted by Crippen LogP contribution is 2.50. The van der Waals surface area contributed by atoms with Crippen molar-refractivity contribution in [3.63, 3.8) is 0 Å². The second kappa shape index (κ2) is 6.98. The molecule has 1 aromatic rings. The molecule has 1 N–H and O–H groups in total. The van der Waals surface area contributed by atoms with E-state index in [2.05, 4.69) is 9.97 Å². The lowest BCUT2D eigenvalue weighted by Crippen LogP contribution is -2.15. The molecule has 0 aliphatic rings. The molecule has 0 amide bonds. The van der Waals surface area contributed by atoms with Gasteiger partial charge < -0.3 is 5.11 Å². The van der Waals surface area contributed by atoms with Gasteiger partial charge in [0.25, 0.3) is 0 Å². The van der Waals surface area contributed by atoms with Crippen LogP contribution in [0.2, 0.25) is 0 Å². The highest BCUT2D eigenvalue weighted by molar-refractivity contribution is 8.77. The molecule has 0 saturated heterocycles. The number of hydrogen-bond donors (Lipinski definition) is 1. The SMILES string of the molecule is Oc1cc(CCl)nc(SSC(Cl)(Cl)C(Cl)Cl)n1. The Bertz CT molecular complexity index is 393. The molecule has 10 heteroatoms. The Balaban J connectivity index is 2.72. The number of aromatic nitrogens is 2. The molecule has 96 valence electrons. The molecular weight excluding hydrogens is 369 g/mol. The minimum atomic E-state index is -1.40. The van der Waals surface area contributed by atoms with Gasteiger partial charge in [-0.05, 0) is 21.6 Å². The van der Waals surface area contributed by atoms with E-state index in [4.69, 9.17) is 58.0 Å². The molecule has 1 rings (SSSR count). The molecule has 0 radical (unpaired) electrons. The fraction of sp³-hybridized carbons (Fsp3) is 0.429. The van der Waals surface area contributed by atoms with E-state index < -0.39 is 8.50 Å². The van der Waals surface area contributed by atoms with Crippen molar-refractivity contribution in [3.05, 3.63) is 11.8 Å². The first-order chi connectivity index (χ1) is 7.85. The lowest BCUT2D eigenvalue weighted by Gasteiger charge is -2.18. The minimum absolute atomic E-state index is 0.162. The van der Waals surface area contributed by atoms with Gasteiger partial charge in [0, 0.05) is 6.07 Å². The number of rotatable bonds is 5. The average Bonchev–Trinajstić information content (AvgIpc) is 2.25. The van der Waals surface area contributed by atoms with Crippen molar-refractivity contribution in [2.75, 3.05) is 0 Å². The van der Waals surface area contributed by atoms with Crippen LogP contribution in [0.15, 0.2) is 11.2 Å². The summed E-state index contributed by atoms with van der Waals surface area (Å²) in [7, 11) is 2.01. The van der Waals surface area contributed by atoms with Crippen molar-refractivity contribution in [2.24, 2.45) is 0 Å². The van der Waals surface area contributed by atoms with Crippen molar-refractivity contribution < 1.29 is 5.11 Å². The smallest absolute Gasteiger partial charge is 0.215 e. The van der Waals surface area contributed by atoms with E-state index in [0.717, 1.165) is 21.6 Å². The number of nitrogens with zero attached hydrogens (tertiary/aromatic N) is 2. The number of hydrogen-bond acceptors (Lipinski definition) is 5. The maximum absolute atomic E-state index is 9.31. The molecule has 0 atom stereocenters. The van der Waals surface area contributed by atoms with Crippen LogP contribution in [0.5, 0.6) is 5.88 Å². The van der Waals surface area contributed by atoms with E-state index in [1.54, 1.807) is 0 Å². The molecule has 1 heterocycles. The predicted molar refractivity (Wildman–Crippen MR) is 76.6 cm³/mol. The summed E-state index contributed by atoms with van der Waals surface area (Å²) in [5, 5.41) is 9.58. The van der Waals surface area contributed by atoms with E-state index >= 15 is 0 Å². The summed E-state index contributed by atoms with van der Waals surface area (Å²) in [6, 6.07) is 1.36. The van der Waals surface area contributed by atoms with Crippen molar-refractivity contribution >= 4 is 79.6 Å². The zero-order valence-corrected chi connectivity index (χ0v) is 13.3. The van der Waals surface area contributed by atoms with Crippen molar-refractivity contribution in [3.8, 4) is 5.88 Å². The molecule has 0 saturated carbocycles. The van der Waals surface area contributed by atoms with Crippen molar-refractivity contribution in [1.29, 1.82) is 0 Å². The van der Waals surface area contributed by atoms with Crippen molar-refractivity contribution in [1.82, 2.24) is 9.97 Å². The van der Waals surface area contributed by atoms with Crippen LogP contribution in [0, 0.1) is 0 Å². The molecule has 0 aliphatic heterocycles. The van der Waals surface area contributed by atoms with Gasteiger partial charge in [0.15, 0.2) is 4.84 Å². The molecule has 0 spiro atoms. The monoisotopic (exact) mass is 372 g/mol. The van der Waals surface area contributed by atoms with Crippen LogP contribution in [0.4, 0.5) is 0 Å². The van der Waals surface area contributed by atoms with E-state index in [1.165, 1.54) is 6.07 Å². The van der Waals surface area contributed by atoms with Crippen molar-refractivity contribution in [2.45, 2.75) is 19.5 Å². The standard InChI is InChI=1S/C7H5Cl5N2OS2/c8-2-3-1-4(15)14-6(13-3)16-17-7(11,12)5(9)10/h1,5H,2H2,(H,13,14,15). The minimum Gasteiger partial charge on any atom is -0.493 e. The fourth-order valence-corrected chi connectivity index (χ4v) is 3.60. The van der Waals surface area contributed by atoms with Crippen LogP contribution in [0.3, 0.4) is 0 Å². The third kappa shape index (κ3) is 5.27. The first-order valence-corrected chi connectivity index (χ1v) is 8.31. The van der Waals surface area contributed by atoms with Gasteiger partial charge in [-0.1, -0.05) is 23.2 Å². The normalized spacial score (nSPS) is 12.1. The number of alkyl halides is 5. The summed E-state index contributed by atoms with van der Waals surface area (Å²) in [6.45, 7) is 0. The average molecular weight is 375 g/mol. The molecule has 17 heavy (non-hydrogen) atoms. The summed E-state index contributed by atoms with van der Waals surface area (Å²) in [5.74, 6) is -0.0174. The molecule has 0 fully saturated rings. The molecular formula is C7H5Cl5N2OS2. The summed E-state index contributed by atoms with van der Waals surface area (Å²) in [5.41, 5.74) is 0.491. The molecule has 3 nitrogen and oxygen atoms in total. The van der Waals surface area contributed by atoms with E-state index in [-0.39, 0.29) is 16.9 Å². The third-order valence-corrected chi connectivity index (χ3v) is 6.80. The van der Waals surface area contributed by atoms with Crippen LogP contribution in [0.1, 0.15) is 5.69 Å². The van der Waals surface area contributed by atoms with E-state index in [1.807, 2.05) is 0 Å². The van der Waals surface area contributed by atoms with Crippen LogP contribution in [-0.4, -0.2) is 23.6 Å². The summed E-state index contributed by atoms with van der Waals surface area (Å²) in [4.78, 5) is 6.84. The van der Waals surface area contributed by atoms with Crippen LogP contribution in [0.25, 0.3) is 0 Å². The highest BCUT2D eigenvalue weighted by atomic mass is 35.5. The maximum atomic E-state index is 9.31. The van der Waals surface area contributed by atoms with Gasteiger partial charge in [0.2, 0.25) is 14.7 Å². The molecule has 1 aromatic heterocycles. The van der Waals surface area contributed by atoms with Gasteiger partial charge in [0.05, 0.1) is 11.6 Å². The molecule has 0 aliphatic carbocycles. The van der Waals surface area contributed by atoms with Gasteiger partial charge in [0.1, 0.15) is 0 Å². The lowest BCUT2D eigenvalue weighted by atomic mass is 10.4. The van der Waals surface area contributed by atoms with Crippen LogP contribution >= 0.6 is 79.6 Å². The Morgan fingerprint density at radius 3 is 2.53 bits per heavy atom. The summed E-state index contributed by atoms with van der Waals surface area (Å²) < 4.78 is -1.40. The number of aromatic hydroxyl groups is 1. The predicted octanol–water partition coefficient (Wildman–Crippen LogP) is 4.60. The Labute approximate surface area is 131 Å². The second-order valence-electron chi connectivity index (χ2n) is 2.66. The summed E-state index contributed by atoms with van der Waals surface area (Å²) >= 11 is 28.4. The van der Waals surface area contributed by atoms with Crippen LogP contribution in [-0.2, 0) is 5.88 Å². The van der Waals surface area contributed by atoms with E-state index in [9.17, 15) is 5.11 Å². The van der Waals surface area contributed by atoms with Gasteiger partial charge in [-0.2, -0.15) is 4.98 Å². The van der Waals surface area contributed by atoms with Gasteiger partial charge in [-0.3, -0.25) is 0 Å². The molecule has 0 aromatic carbocycles. The molecule has 0 unspecified atom stereocenters. The van der Waals surface area contributed by atoms with Gasteiger partial charge in [-0.15, -0.1) is 34.8 Å². The maximum Gasteiger partial charge on any atom is 0.215 e. The quantitative estimate of drug-likeness (QED) is 0.464. The van der Waals surface area contributed by atoms with E-state index in [0.29, 0.717) is 5.69 Å². The third-order valence-electron chi connectivity index (χ3n) is 1.36. The Kier molecular flexibility index (Phi) is 6.61. The molecule has 0 bridgehead atoms. The lowest BCUT2D eigenvalue weighted by molar-refractivity contribution is 0.444. The van der Waals surface area contributed by atoms with Gasteiger partial charge in [-0.25, -0.2) is 4.98 Å². The fourth-order valence-electron chi connectivity index (χ4n) is 0.694. The first kappa shape index (κ1) is 16.1. The Morgan fingerprint density at radius 1 is 1.35 bits per heavy atom. The highest BCUT2D eigenvalue weighted by Gasteiger charge is 2.34. The summed E-state index contributed by atoms with van der Waals surface area (Å²) in [6.07, 6.45) is 0. The Morgan fingerprint density at radius 2 is 2.00 bits per heavy atom. The zero-order valence-electron chi connectivity index (χ0n) is 7.91. The number of halogens is 5. The largest absolute Gasteiger partial charge is 0.493 e. The zero-order chi connectivity index (χ0) is 13.1.